The molecule has 62 heavy (non-hydrogen) atoms. The molecule has 20 nitrogen and oxygen atoms in total. The van der Waals surface area contributed by atoms with E-state index in [9.17, 15) is 90.0 Å². The van der Waals surface area contributed by atoms with Gasteiger partial charge in [-0.1, -0.05) is 24.3 Å². The number of hydrogen-bond donors (Lipinski definition) is 12. The Balaban J connectivity index is 1.63. The van der Waals surface area contributed by atoms with Crippen LogP contribution in [0.5, 0.6) is 23.0 Å². The van der Waals surface area contributed by atoms with Crippen LogP contribution in [0.3, 0.4) is 0 Å². The maximum atomic E-state index is 14.5. The number of aromatic hydroxyl groups is 2. The van der Waals surface area contributed by atoms with Crippen molar-refractivity contribution in [2.75, 3.05) is 0 Å². The van der Waals surface area contributed by atoms with Gasteiger partial charge in [-0.05, 0) is 72.5 Å². The number of carboxylic acid groups (broad SMARTS) is 2. The molecule has 0 aliphatic heterocycles. The number of ether oxygens (including phenoxy) is 2. The number of carbonyl (C=O) groups excluding carboxylic acids is 4. The van der Waals surface area contributed by atoms with E-state index in [4.69, 9.17) is 9.47 Å². The predicted molar refractivity (Wildman–Crippen MR) is 204 cm³/mol. The van der Waals surface area contributed by atoms with Crippen molar-refractivity contribution in [2.45, 2.75) is 74.9 Å². The monoisotopic (exact) mass is 862 g/mol. The third kappa shape index (κ3) is 7.76. The molecule has 0 amide bonds. The van der Waals surface area contributed by atoms with Crippen LogP contribution in [-0.2, 0) is 9.59 Å². The van der Waals surface area contributed by atoms with Gasteiger partial charge in [0, 0.05) is 11.8 Å². The van der Waals surface area contributed by atoms with Crippen molar-refractivity contribution < 1.29 is 99.5 Å². The van der Waals surface area contributed by atoms with Crippen LogP contribution in [-0.4, -0.2) is 146 Å². The molecular weight excluding hydrogens is 824 g/mol. The normalized spacial score (nSPS) is 19.2. The number of aromatic carboxylic acids is 2. The fourth-order valence-electron chi connectivity index (χ4n) is 7.63. The lowest BCUT2D eigenvalue weighted by Gasteiger charge is -2.39. The van der Waals surface area contributed by atoms with Crippen molar-refractivity contribution in [1.29, 1.82) is 0 Å². The molecule has 0 spiro atoms. The Morgan fingerprint density at radius 2 is 0.839 bits per heavy atom. The zero-order chi connectivity index (χ0) is 45.8. The number of rotatable bonds is 15. The Morgan fingerprint density at radius 3 is 1.15 bits per heavy atom. The van der Waals surface area contributed by atoms with E-state index in [-0.39, 0.29) is 22.3 Å². The maximum Gasteiger partial charge on any atom is 0.335 e. The van der Waals surface area contributed by atoms with Crippen LogP contribution >= 0.6 is 0 Å². The number of phenols is 2. The van der Waals surface area contributed by atoms with Crippen molar-refractivity contribution in [3.8, 4) is 23.0 Å². The zero-order valence-electron chi connectivity index (χ0n) is 32.2. The Morgan fingerprint density at radius 1 is 0.500 bits per heavy atom. The number of hydrogen-bond acceptors (Lipinski definition) is 18. The molecule has 0 aromatic heterocycles. The average molecular weight is 863 g/mol. The Bertz CT molecular complexity index is 2350. The summed E-state index contributed by atoms with van der Waals surface area (Å²) in [5.74, 6) is -14.2. The summed E-state index contributed by atoms with van der Waals surface area (Å²) < 4.78 is 11.0. The molecule has 2 aliphatic rings. The Labute approximate surface area is 348 Å². The van der Waals surface area contributed by atoms with E-state index in [1.807, 2.05) is 0 Å². The number of carbonyl (C=O) groups is 6. The molecule has 10 unspecified atom stereocenters. The quantitative estimate of drug-likeness (QED) is 0.0656. The minimum absolute atomic E-state index is 0.130. The van der Waals surface area contributed by atoms with Gasteiger partial charge < -0.3 is 70.8 Å². The second-order valence-corrected chi connectivity index (χ2v) is 14.7. The number of carboxylic acids is 2. The van der Waals surface area contributed by atoms with Crippen molar-refractivity contribution in [3.63, 3.8) is 0 Å². The van der Waals surface area contributed by atoms with E-state index in [2.05, 4.69) is 0 Å². The van der Waals surface area contributed by atoms with Gasteiger partial charge in [0.05, 0.1) is 45.6 Å². The highest BCUT2D eigenvalue weighted by Crippen LogP contribution is 2.56. The second kappa shape index (κ2) is 17.0. The van der Waals surface area contributed by atoms with Gasteiger partial charge in [-0.25, -0.2) is 9.59 Å². The first-order valence-corrected chi connectivity index (χ1v) is 18.5. The molecule has 6 rings (SSSR count). The molecule has 2 aliphatic carbocycles. The molecule has 0 bridgehead atoms. The summed E-state index contributed by atoms with van der Waals surface area (Å²) in [6.07, 6.45) is -17.8. The van der Waals surface area contributed by atoms with Crippen LogP contribution in [0.1, 0.15) is 100 Å². The van der Waals surface area contributed by atoms with Gasteiger partial charge in [-0.3, -0.25) is 19.2 Å². The van der Waals surface area contributed by atoms with Crippen molar-refractivity contribution >= 4 is 35.1 Å². The zero-order valence-corrected chi connectivity index (χ0v) is 32.2. The number of phenolic OH excluding ortho intramolecular Hbond substituents is 2. The van der Waals surface area contributed by atoms with E-state index in [1.165, 1.54) is 24.3 Å². The smallest absolute Gasteiger partial charge is 0.335 e. The fourth-order valence-corrected chi connectivity index (χ4v) is 7.63. The highest BCUT2D eigenvalue weighted by molar-refractivity contribution is 6.18. The molecule has 12 N–H and O–H groups in total. The highest BCUT2D eigenvalue weighted by atomic mass is 16.6. The number of aliphatic hydroxyl groups excluding tert-OH is 8. The summed E-state index contributed by atoms with van der Waals surface area (Å²) in [6.45, 7) is 2.05. The first kappa shape index (κ1) is 44.9. The van der Waals surface area contributed by atoms with Crippen LogP contribution < -0.4 is 9.47 Å². The lowest BCUT2D eigenvalue weighted by Crippen LogP contribution is -2.46. The number of aliphatic hydroxyl groups is 8. The van der Waals surface area contributed by atoms with E-state index >= 15 is 0 Å². The molecule has 326 valence electrons. The summed E-state index contributed by atoms with van der Waals surface area (Å²) in [7, 11) is 0. The first-order chi connectivity index (χ1) is 29.1. The van der Waals surface area contributed by atoms with Crippen LogP contribution in [0.2, 0.25) is 0 Å². The summed E-state index contributed by atoms with van der Waals surface area (Å²) in [6, 6.07) is 10.8. The topological polar surface area (TPSA) is 364 Å². The average Bonchev–Trinajstić information content (AvgIpc) is 3.22. The minimum Gasteiger partial charge on any atom is -0.507 e. The maximum absolute atomic E-state index is 14.5. The lowest BCUT2D eigenvalue weighted by atomic mass is 9.63. The molecule has 0 heterocycles. The molecule has 0 saturated carbocycles. The third-order valence-electron chi connectivity index (χ3n) is 10.6. The first-order valence-electron chi connectivity index (χ1n) is 18.5. The molecule has 4 aromatic rings. The molecule has 0 radical (unpaired) electrons. The third-order valence-corrected chi connectivity index (χ3v) is 10.6. The number of Topliss-reactive ketones (excluding diaryl/α,β-unsaturated/α-hetero) is 2. The molecular formula is C42H38O20. The molecule has 20 heteroatoms. The lowest BCUT2D eigenvalue weighted by molar-refractivity contribution is -0.161. The SMILES string of the molecule is CC(O)C(O)C(=O)C(O)C(O)Oc1cccc2c1C(=O)c1c(O)cc(C(=O)O)cc1C2C1c2cc(C(=O)O)cc(O)c2C(=O)c2c(OC(O)C(O)C(=O)C(O)C(C)O)cccc21. The van der Waals surface area contributed by atoms with Crippen LogP contribution in [0, 0.1) is 0 Å². The highest BCUT2D eigenvalue weighted by Gasteiger charge is 2.47. The van der Waals surface area contributed by atoms with Gasteiger partial charge in [0.1, 0.15) is 35.2 Å². The predicted octanol–water partition coefficient (Wildman–Crippen LogP) is -0.715. The Kier molecular flexibility index (Phi) is 12.3. The summed E-state index contributed by atoms with van der Waals surface area (Å²) in [5.41, 5.74) is -3.99. The van der Waals surface area contributed by atoms with Crippen molar-refractivity contribution in [3.05, 3.63) is 116 Å². The second-order valence-electron chi connectivity index (χ2n) is 14.7. The summed E-state index contributed by atoms with van der Waals surface area (Å²) in [4.78, 5) is 78.9. The van der Waals surface area contributed by atoms with Crippen LogP contribution in [0.25, 0.3) is 0 Å². The van der Waals surface area contributed by atoms with Gasteiger partial charge in [0.2, 0.25) is 24.1 Å². The van der Waals surface area contributed by atoms with Crippen molar-refractivity contribution in [2.24, 2.45) is 0 Å². The van der Waals surface area contributed by atoms with Gasteiger partial charge in [-0.2, -0.15) is 0 Å². The molecule has 10 atom stereocenters. The largest absolute Gasteiger partial charge is 0.507 e. The van der Waals surface area contributed by atoms with Crippen molar-refractivity contribution in [1.82, 2.24) is 0 Å². The minimum atomic E-state index is -2.52. The van der Waals surface area contributed by atoms with Gasteiger partial charge in [0.15, 0.2) is 23.8 Å². The fraction of sp³-hybridized carbons (Fsp3) is 0.286. The van der Waals surface area contributed by atoms with Gasteiger partial charge >= 0.3 is 11.9 Å². The van der Waals surface area contributed by atoms with E-state index in [1.54, 1.807) is 0 Å². The molecule has 0 saturated heterocycles. The van der Waals surface area contributed by atoms with Gasteiger partial charge in [-0.15, -0.1) is 0 Å². The van der Waals surface area contributed by atoms with Crippen LogP contribution in [0.4, 0.5) is 0 Å². The number of ketones is 4. The van der Waals surface area contributed by atoms with E-state index < -0.39 is 152 Å². The molecule has 0 fully saturated rings. The van der Waals surface area contributed by atoms with Crippen LogP contribution in [0.15, 0.2) is 60.7 Å². The van der Waals surface area contributed by atoms with E-state index in [0.29, 0.717) is 0 Å². The Hall–Kier alpha value is -6.62. The summed E-state index contributed by atoms with van der Waals surface area (Å²) in [5, 5.41) is 125. The summed E-state index contributed by atoms with van der Waals surface area (Å²) >= 11 is 0. The number of fused-ring (bicyclic) bond motifs is 4. The van der Waals surface area contributed by atoms with Gasteiger partial charge in [0.25, 0.3) is 0 Å². The molecule has 4 aromatic carbocycles. The number of benzene rings is 4. The standard InChI is InChI=1S/C42H38O20/c1-13(43)31(47)35(51)37(53)41(59)61-23-7-3-5-17-25(19-9-15(39(55)56)11-21(45)27(19)33(49)29(17)23)26-18-6-4-8-24(62-42(60)38(54)36(52)32(48)14(2)44)30(18)34(50)28-20(26)10-16(40(57)58)12-22(28)46/h3-14,25-26,31-32,37-38,41-48,53-54,59-60H,1-2H3,(H,55,56)(H,57,58). The van der Waals surface area contributed by atoms with E-state index in [0.717, 1.165) is 50.2 Å².